The van der Waals surface area contributed by atoms with Gasteiger partial charge in [-0.25, -0.2) is 12.7 Å². The summed E-state index contributed by atoms with van der Waals surface area (Å²) < 4.78 is 24.8. The van der Waals surface area contributed by atoms with E-state index in [2.05, 4.69) is 61.5 Å². The number of carbonyl (C=O) groups is 7. The van der Waals surface area contributed by atoms with Crippen LogP contribution in [0.3, 0.4) is 0 Å². The Kier molecular flexibility index (Phi) is 14.8. The van der Waals surface area contributed by atoms with Crippen LogP contribution in [0.1, 0.15) is 88.7 Å². The van der Waals surface area contributed by atoms with Crippen LogP contribution in [-0.2, 0) is 34.0 Å². The molecule has 0 aromatic heterocycles. The van der Waals surface area contributed by atoms with Crippen molar-refractivity contribution in [2.75, 3.05) is 70.2 Å². The summed E-state index contributed by atoms with van der Waals surface area (Å²) in [6, 6.07) is 12.4. The maximum atomic E-state index is 13.1. The molecule has 5 heterocycles. The highest BCUT2D eigenvalue weighted by atomic mass is 32.2. The molecule has 0 saturated carbocycles. The van der Waals surface area contributed by atoms with E-state index in [9.17, 15) is 42.0 Å². The van der Waals surface area contributed by atoms with E-state index in [0.29, 0.717) is 37.7 Å². The van der Waals surface area contributed by atoms with Crippen LogP contribution in [0.25, 0.3) is 0 Å². The van der Waals surface area contributed by atoms with Gasteiger partial charge < -0.3 is 26.6 Å². The molecule has 0 bridgehead atoms. The first-order valence-electron chi connectivity index (χ1n) is 21.4. The van der Waals surface area contributed by atoms with Gasteiger partial charge in [0.15, 0.2) is 0 Å². The molecule has 6 atom stereocenters. The number of unbranched alkanes of at least 4 members (excludes halogenated alkanes) is 1. The Hall–Kier alpha value is -4.93. The maximum Gasteiger partial charge on any atom is 0.262 e. The van der Waals surface area contributed by atoms with Crippen molar-refractivity contribution in [1.29, 1.82) is 0 Å². The molecule has 0 spiro atoms. The first kappa shape index (κ1) is 46.1. The van der Waals surface area contributed by atoms with Gasteiger partial charge in [0.2, 0.25) is 39.6 Å². The minimum absolute atomic E-state index is 0.0143. The number of carbonyl (C=O) groups excluding carboxylic acids is 7. The van der Waals surface area contributed by atoms with Crippen molar-refractivity contribution < 1.29 is 42.0 Å². The van der Waals surface area contributed by atoms with Crippen LogP contribution in [0.4, 0.5) is 5.69 Å². The molecular weight excluding hydrogens is 853 g/mol. The van der Waals surface area contributed by atoms with Crippen LogP contribution in [0.2, 0.25) is 0 Å². The van der Waals surface area contributed by atoms with E-state index in [0.717, 1.165) is 54.7 Å². The molecule has 7 rings (SSSR count). The van der Waals surface area contributed by atoms with Crippen molar-refractivity contribution in [2.45, 2.75) is 74.6 Å². The second-order valence-corrected chi connectivity index (χ2v) is 19.9. The van der Waals surface area contributed by atoms with Gasteiger partial charge in [-0.1, -0.05) is 24.3 Å². The topological polar surface area (TPSA) is 248 Å². The van der Waals surface area contributed by atoms with Crippen LogP contribution in [0, 0.1) is 5.92 Å². The number of thioether (sulfide) groups is 1. The summed E-state index contributed by atoms with van der Waals surface area (Å²) in [5.74, 6) is -2.32. The van der Waals surface area contributed by atoms with Crippen molar-refractivity contribution in [3.8, 4) is 0 Å². The summed E-state index contributed by atoms with van der Waals surface area (Å²) in [7, 11) is -1.41. The fourth-order valence-electron chi connectivity index (χ4n) is 8.75. The highest BCUT2D eigenvalue weighted by Crippen LogP contribution is 2.34. The van der Waals surface area contributed by atoms with Crippen molar-refractivity contribution in [3.05, 3.63) is 64.7 Å². The number of benzene rings is 2. The molecule has 2 aromatic carbocycles. The summed E-state index contributed by atoms with van der Waals surface area (Å²) in [6.07, 6.45) is 4.98. The zero-order valence-corrected chi connectivity index (χ0v) is 37.1. The lowest BCUT2D eigenvalue weighted by molar-refractivity contribution is -0.136. The van der Waals surface area contributed by atoms with Gasteiger partial charge >= 0.3 is 0 Å². The number of amides is 7. The van der Waals surface area contributed by atoms with Gasteiger partial charge in [-0.2, -0.15) is 0 Å². The summed E-state index contributed by atoms with van der Waals surface area (Å²) in [5.41, 5.74) is 3.12. The number of hydrogen-bond donors (Lipinski definition) is 7. The van der Waals surface area contributed by atoms with Gasteiger partial charge in [0.1, 0.15) is 11.5 Å². The van der Waals surface area contributed by atoms with Crippen LogP contribution in [0.5, 0.6) is 0 Å². The lowest BCUT2D eigenvalue weighted by Gasteiger charge is -2.36. The van der Waals surface area contributed by atoms with Crippen molar-refractivity contribution in [1.82, 2.24) is 46.0 Å². The molecule has 4 saturated heterocycles. The Morgan fingerprint density at radius 3 is 2.48 bits per heavy atom. The number of anilines is 1. The third-order valence-corrected chi connectivity index (χ3v) is 14.7. The number of nitrogens with one attached hydrogen (secondary N) is 7. The Labute approximate surface area is 371 Å². The third-order valence-electron chi connectivity index (χ3n) is 12.3. The Morgan fingerprint density at radius 2 is 1.70 bits per heavy atom. The molecule has 5 aliphatic heterocycles. The minimum Gasteiger partial charge on any atom is -0.385 e. The Bertz CT molecular complexity index is 2230. The Balaban J connectivity index is 0.786. The predicted octanol–water partition coefficient (Wildman–Crippen LogP) is -0.00380. The largest absolute Gasteiger partial charge is 0.385 e. The number of hydrogen-bond acceptors (Lipinski definition) is 14. The molecule has 4 fully saturated rings. The van der Waals surface area contributed by atoms with Gasteiger partial charge in [-0.15, -0.1) is 11.8 Å². The second kappa shape index (κ2) is 20.3. The predicted molar refractivity (Wildman–Crippen MR) is 234 cm³/mol. The summed E-state index contributed by atoms with van der Waals surface area (Å²) in [5, 5.41) is 21.1. The molecular formula is C42H56N10O9S2. The highest BCUT2D eigenvalue weighted by Gasteiger charge is 2.44. The molecule has 6 unspecified atom stereocenters. The zero-order valence-electron chi connectivity index (χ0n) is 35.4. The highest BCUT2D eigenvalue weighted by molar-refractivity contribution is 8.00. The smallest absolute Gasteiger partial charge is 0.262 e. The molecule has 340 valence electrons. The summed E-state index contributed by atoms with van der Waals surface area (Å²) in [4.78, 5) is 91.1. The maximum absolute atomic E-state index is 13.1. The monoisotopic (exact) mass is 908 g/mol. The zero-order chi connectivity index (χ0) is 44.8. The van der Waals surface area contributed by atoms with E-state index < -0.39 is 45.6 Å². The summed E-state index contributed by atoms with van der Waals surface area (Å²) >= 11 is 1.58. The molecule has 0 aliphatic carbocycles. The van der Waals surface area contributed by atoms with Gasteiger partial charge in [0, 0.05) is 50.1 Å². The van der Waals surface area contributed by atoms with Gasteiger partial charge in [0.25, 0.3) is 11.8 Å². The Morgan fingerprint density at radius 1 is 0.921 bits per heavy atom. The van der Waals surface area contributed by atoms with E-state index in [1.165, 1.54) is 9.87 Å². The van der Waals surface area contributed by atoms with Gasteiger partial charge in [-0.05, 0) is 87.4 Å². The van der Waals surface area contributed by atoms with E-state index in [4.69, 9.17) is 0 Å². The molecule has 7 N–H and O–H groups in total. The number of likely N-dealkylation sites (N-methyl/N-ethyl adjacent to an activating group) is 1. The summed E-state index contributed by atoms with van der Waals surface area (Å²) in [6.45, 7) is 2.36. The molecule has 63 heavy (non-hydrogen) atoms. The fourth-order valence-corrected chi connectivity index (χ4v) is 10.8. The fraction of sp³-hybridized carbons (Fsp3) is 0.548. The standard InChI is InChI=1S/C42H56N10O9S2/c1-50(23-37(55)45-15-4-3-14-43-29-8-9-30-31(20-29)41(59)52(40(30)58)33-10-11-35(53)48-39(33)57)34-19-26(12-16-44-34)25-6-5-7-27(18-25)32-24-62-42(47-32)49-36(54)21-46-38(56)28-13-17-51(22-28)63(2,60)61/h5-9,18,20,26,28,32-34,42-44,47H,3-4,10-17,19,21-24H2,1-2H3,(H,45,55)(H,46,56)(H,49,54)(H,48,53,57). The average molecular weight is 909 g/mol. The SMILES string of the molecule is CN(CC(=O)NCCCCNc1ccc2c(c1)C(=O)N(C1CCC(=O)NC1=O)C2=O)C1CC(c2cccc(C3CSC(NC(=O)CNC(=O)C4CCN(S(C)(=O)=O)C4)N3)c2)CCN1. The van der Waals surface area contributed by atoms with Gasteiger partial charge in [-0.3, -0.25) is 54.0 Å². The number of fused-ring (bicyclic) bond motifs is 1. The number of sulfonamides is 1. The van der Waals surface area contributed by atoms with Crippen molar-refractivity contribution >= 4 is 68.8 Å². The molecule has 2 aromatic rings. The molecule has 7 amide bonds. The van der Waals surface area contributed by atoms with E-state index in [-0.39, 0.29) is 79.0 Å². The van der Waals surface area contributed by atoms with Crippen molar-refractivity contribution in [3.63, 3.8) is 0 Å². The molecule has 21 heteroatoms. The number of rotatable bonds is 17. The normalized spacial score (nSPS) is 25.2. The van der Waals surface area contributed by atoms with Crippen LogP contribution in [-0.4, -0.2) is 146 Å². The first-order valence-corrected chi connectivity index (χ1v) is 24.3. The number of nitrogens with zero attached hydrogens (tertiary/aromatic N) is 3. The number of imide groups is 2. The van der Waals surface area contributed by atoms with Crippen LogP contribution < -0.4 is 37.2 Å². The van der Waals surface area contributed by atoms with E-state index >= 15 is 0 Å². The molecule has 0 radical (unpaired) electrons. The van der Waals surface area contributed by atoms with Crippen LogP contribution in [0.15, 0.2) is 42.5 Å². The number of piperidine rings is 2. The molecule has 5 aliphatic rings. The van der Waals surface area contributed by atoms with E-state index in [1.54, 1.807) is 30.0 Å². The van der Waals surface area contributed by atoms with Crippen molar-refractivity contribution in [2.24, 2.45) is 5.92 Å². The van der Waals surface area contributed by atoms with E-state index in [1.807, 2.05) is 11.9 Å². The third kappa shape index (κ3) is 11.4. The second-order valence-electron chi connectivity index (χ2n) is 16.8. The average Bonchev–Trinajstić information content (AvgIpc) is 4.01. The quantitative estimate of drug-likeness (QED) is 0.0816. The minimum atomic E-state index is -3.36. The van der Waals surface area contributed by atoms with Gasteiger partial charge in [0.05, 0.1) is 42.6 Å². The van der Waals surface area contributed by atoms with Crippen LogP contribution >= 0.6 is 11.8 Å². The first-order chi connectivity index (χ1) is 30.1. The lowest BCUT2D eigenvalue weighted by Crippen LogP contribution is -2.54. The lowest BCUT2D eigenvalue weighted by atomic mass is 9.87. The molecule has 19 nitrogen and oxygen atoms in total.